The van der Waals surface area contributed by atoms with Crippen molar-refractivity contribution in [2.24, 2.45) is 11.5 Å². The molecule has 0 fully saturated rings. The summed E-state index contributed by atoms with van der Waals surface area (Å²) < 4.78 is 6.21. The number of amides is 1. The number of nitrogens with two attached hydrogens (primary N) is 2. The van der Waals surface area contributed by atoms with Crippen molar-refractivity contribution in [3.8, 4) is 22.6 Å². The molecule has 0 unspecified atom stereocenters. The van der Waals surface area contributed by atoms with Crippen molar-refractivity contribution in [1.82, 2.24) is 5.32 Å². The van der Waals surface area contributed by atoms with Gasteiger partial charge in [-0.2, -0.15) is 0 Å². The van der Waals surface area contributed by atoms with Crippen LogP contribution in [0.3, 0.4) is 0 Å². The maximum absolute atomic E-state index is 12.8. The highest BCUT2D eigenvalue weighted by atomic mass is 16.3. The summed E-state index contributed by atoms with van der Waals surface area (Å²) in [4.78, 5) is 12.8. The molecule has 3 aromatic carbocycles. The predicted molar refractivity (Wildman–Crippen MR) is 138 cm³/mol. The quantitative estimate of drug-likeness (QED) is 0.187. The number of nitrogens with one attached hydrogen (secondary N) is 3. The van der Waals surface area contributed by atoms with Gasteiger partial charge < -0.3 is 21.2 Å². The Morgan fingerprint density at radius 1 is 0.800 bits per heavy atom. The fourth-order valence-corrected chi connectivity index (χ4v) is 3.79. The number of hydrogen-bond acceptors (Lipinski definition) is 4. The van der Waals surface area contributed by atoms with Crippen molar-refractivity contribution < 1.29 is 9.21 Å². The van der Waals surface area contributed by atoms with Gasteiger partial charge in [0.25, 0.3) is 0 Å². The first-order valence-electron chi connectivity index (χ1n) is 11.2. The molecule has 0 radical (unpaired) electrons. The summed E-state index contributed by atoms with van der Waals surface area (Å²) >= 11 is 0. The molecule has 1 amide bonds. The van der Waals surface area contributed by atoms with Crippen LogP contribution in [0.15, 0.2) is 89.3 Å². The third-order valence-electron chi connectivity index (χ3n) is 5.68. The van der Waals surface area contributed by atoms with Crippen LogP contribution in [0.1, 0.15) is 22.3 Å². The van der Waals surface area contributed by atoms with Gasteiger partial charge in [-0.05, 0) is 18.1 Å². The molecule has 7 heteroatoms. The third kappa shape index (κ3) is 5.83. The largest absolute Gasteiger partial charge is 0.456 e. The molecular formula is C28H27N5O2. The first-order valence-corrected chi connectivity index (χ1v) is 11.2. The molecule has 0 saturated heterocycles. The van der Waals surface area contributed by atoms with Crippen molar-refractivity contribution in [2.45, 2.75) is 12.8 Å². The van der Waals surface area contributed by atoms with E-state index >= 15 is 0 Å². The molecule has 0 spiro atoms. The zero-order valence-corrected chi connectivity index (χ0v) is 19.2. The van der Waals surface area contributed by atoms with Gasteiger partial charge in [-0.3, -0.25) is 15.6 Å². The first kappa shape index (κ1) is 23.5. The zero-order valence-electron chi connectivity index (χ0n) is 19.2. The summed E-state index contributed by atoms with van der Waals surface area (Å²) in [7, 11) is 0. The average Bonchev–Trinajstić information content (AvgIpc) is 3.28. The van der Waals surface area contributed by atoms with Crippen LogP contribution in [0.2, 0.25) is 0 Å². The van der Waals surface area contributed by atoms with E-state index in [-0.39, 0.29) is 24.0 Å². The van der Waals surface area contributed by atoms with Crippen molar-refractivity contribution in [3.05, 3.63) is 107 Å². The highest BCUT2D eigenvalue weighted by Gasteiger charge is 2.17. The molecule has 7 N–H and O–H groups in total. The molecule has 0 atom stereocenters. The number of amidine groups is 2. The van der Waals surface area contributed by atoms with Crippen molar-refractivity contribution >= 4 is 17.6 Å². The second kappa shape index (κ2) is 10.5. The zero-order chi connectivity index (χ0) is 24.8. The van der Waals surface area contributed by atoms with E-state index in [1.54, 1.807) is 24.3 Å². The Morgan fingerprint density at radius 2 is 1.37 bits per heavy atom. The van der Waals surface area contributed by atoms with Crippen molar-refractivity contribution in [2.75, 3.05) is 6.54 Å². The SMILES string of the molecule is N=C(N)c1ccc(-c2cc(CC(=O)NCCc3ccccc3)c(-c3ccc(C(=N)N)cc3)o2)cc1. The molecule has 4 aromatic rings. The Morgan fingerprint density at radius 3 is 1.94 bits per heavy atom. The summed E-state index contributed by atoms with van der Waals surface area (Å²) in [6.07, 6.45) is 0.915. The van der Waals surface area contributed by atoms with E-state index in [0.717, 1.165) is 23.1 Å². The van der Waals surface area contributed by atoms with Crippen LogP contribution in [-0.4, -0.2) is 24.1 Å². The summed E-state index contributed by atoms with van der Waals surface area (Å²) in [5, 5.41) is 18.2. The monoisotopic (exact) mass is 465 g/mol. The van der Waals surface area contributed by atoms with Crippen LogP contribution in [0.4, 0.5) is 0 Å². The molecule has 7 nitrogen and oxygen atoms in total. The van der Waals surface area contributed by atoms with Crippen LogP contribution < -0.4 is 16.8 Å². The molecule has 0 bridgehead atoms. The van der Waals surface area contributed by atoms with Crippen LogP contribution in [0.5, 0.6) is 0 Å². The van der Waals surface area contributed by atoms with Crippen molar-refractivity contribution in [1.29, 1.82) is 10.8 Å². The maximum atomic E-state index is 12.8. The topological polar surface area (TPSA) is 142 Å². The summed E-state index contributed by atoms with van der Waals surface area (Å²) in [6.45, 7) is 0.544. The lowest BCUT2D eigenvalue weighted by atomic mass is 10.0. The predicted octanol–water partition coefficient (Wildman–Crippen LogP) is 4.08. The minimum atomic E-state index is -0.0955. The smallest absolute Gasteiger partial charge is 0.224 e. The first-order chi connectivity index (χ1) is 16.9. The van der Waals surface area contributed by atoms with Crippen LogP contribution in [0.25, 0.3) is 22.6 Å². The van der Waals surface area contributed by atoms with Gasteiger partial charge in [-0.25, -0.2) is 0 Å². The minimum absolute atomic E-state index is 0.00453. The Balaban J connectivity index is 1.57. The number of rotatable bonds is 9. The van der Waals surface area contributed by atoms with Crippen LogP contribution in [0, 0.1) is 10.8 Å². The van der Waals surface area contributed by atoms with Crippen LogP contribution >= 0.6 is 0 Å². The molecule has 1 aromatic heterocycles. The van der Waals surface area contributed by atoms with Gasteiger partial charge >= 0.3 is 0 Å². The summed E-state index contributed by atoms with van der Waals surface area (Å²) in [6, 6.07) is 26.2. The van der Waals surface area contributed by atoms with E-state index < -0.39 is 0 Å². The fraction of sp³-hybridized carbons (Fsp3) is 0.107. The highest BCUT2D eigenvalue weighted by Crippen LogP contribution is 2.33. The van der Waals surface area contributed by atoms with Gasteiger partial charge in [0.1, 0.15) is 23.2 Å². The Hall–Kier alpha value is -4.65. The standard InChI is InChI=1S/C28H27N5O2/c29-27(30)21-10-6-19(7-11-21)24-16-23(17-25(34)33-15-14-18-4-2-1-3-5-18)26(35-24)20-8-12-22(13-9-20)28(31)32/h1-13,16H,14-15,17H2,(H3,29,30)(H3,31,32)(H,33,34). The molecule has 4 rings (SSSR count). The molecule has 0 aliphatic rings. The van der Waals surface area contributed by atoms with Crippen LogP contribution in [-0.2, 0) is 17.6 Å². The molecule has 1 heterocycles. The molecule has 0 aliphatic heterocycles. The molecular weight excluding hydrogens is 438 g/mol. The van der Waals surface area contributed by atoms with E-state index in [1.807, 2.05) is 60.7 Å². The number of furan rings is 1. The second-order valence-electron chi connectivity index (χ2n) is 8.21. The molecule has 176 valence electrons. The Kier molecular flexibility index (Phi) is 7.07. The number of benzene rings is 3. The number of hydrogen-bond donors (Lipinski definition) is 5. The number of nitrogen functional groups attached to an aromatic ring is 2. The van der Waals surface area contributed by atoms with Gasteiger partial charge in [0.15, 0.2) is 0 Å². The number of carbonyl (C=O) groups is 1. The lowest BCUT2D eigenvalue weighted by Crippen LogP contribution is -2.27. The van der Waals surface area contributed by atoms with Gasteiger partial charge in [-0.15, -0.1) is 0 Å². The maximum Gasteiger partial charge on any atom is 0.224 e. The van der Waals surface area contributed by atoms with E-state index in [0.29, 0.717) is 29.2 Å². The lowest BCUT2D eigenvalue weighted by Gasteiger charge is -2.07. The fourth-order valence-electron chi connectivity index (χ4n) is 3.79. The summed E-state index contributed by atoms with van der Waals surface area (Å²) in [5.41, 5.74) is 15.9. The number of carbonyl (C=O) groups excluding carboxylic acids is 1. The Bertz CT molecular complexity index is 1340. The molecule has 0 aliphatic carbocycles. The van der Waals surface area contributed by atoms with Gasteiger partial charge in [-0.1, -0.05) is 78.9 Å². The van der Waals surface area contributed by atoms with Gasteiger partial charge in [0.2, 0.25) is 5.91 Å². The van der Waals surface area contributed by atoms with E-state index in [9.17, 15) is 4.79 Å². The normalized spacial score (nSPS) is 10.6. The van der Waals surface area contributed by atoms with Gasteiger partial charge in [0, 0.05) is 34.4 Å². The lowest BCUT2D eigenvalue weighted by molar-refractivity contribution is -0.120. The Labute approximate surface area is 203 Å². The highest BCUT2D eigenvalue weighted by molar-refractivity contribution is 5.96. The van der Waals surface area contributed by atoms with Gasteiger partial charge in [0.05, 0.1) is 6.42 Å². The second-order valence-corrected chi connectivity index (χ2v) is 8.21. The molecule has 35 heavy (non-hydrogen) atoms. The molecule has 0 saturated carbocycles. The average molecular weight is 466 g/mol. The van der Waals surface area contributed by atoms with E-state index in [4.69, 9.17) is 26.7 Å². The van der Waals surface area contributed by atoms with E-state index in [1.165, 1.54) is 5.56 Å². The van der Waals surface area contributed by atoms with E-state index in [2.05, 4.69) is 5.32 Å². The third-order valence-corrected chi connectivity index (χ3v) is 5.68. The summed E-state index contributed by atoms with van der Waals surface area (Å²) in [5.74, 6) is 1.08. The minimum Gasteiger partial charge on any atom is -0.456 e. The van der Waals surface area contributed by atoms with Crippen molar-refractivity contribution in [3.63, 3.8) is 0 Å².